The van der Waals surface area contributed by atoms with E-state index in [1.807, 2.05) is 32.0 Å². The molecule has 0 radical (unpaired) electrons. The molecule has 0 N–H and O–H groups in total. The minimum Gasteiger partial charge on any atom is -0.363 e. The number of likely N-dealkylation sites (tertiary alicyclic amines) is 1. The molecule has 1 amide bonds. The Labute approximate surface area is 172 Å². The Kier molecular flexibility index (Phi) is 5.90. The van der Waals surface area contributed by atoms with Crippen molar-refractivity contribution in [3.63, 3.8) is 0 Å². The van der Waals surface area contributed by atoms with Gasteiger partial charge >= 0.3 is 0 Å². The molecule has 1 aromatic heterocycles. The van der Waals surface area contributed by atoms with Crippen LogP contribution in [0.2, 0.25) is 0 Å². The summed E-state index contributed by atoms with van der Waals surface area (Å²) in [4.78, 5) is 24.8. The van der Waals surface area contributed by atoms with Gasteiger partial charge in [0.25, 0.3) is 0 Å². The summed E-state index contributed by atoms with van der Waals surface area (Å²) in [5.74, 6) is 1.16. The molecule has 0 bridgehead atoms. The van der Waals surface area contributed by atoms with Gasteiger partial charge in [-0.1, -0.05) is 17.7 Å². The van der Waals surface area contributed by atoms with E-state index < -0.39 is 10.0 Å². The second kappa shape index (κ2) is 8.08. The fraction of sp³-hybridized carbons (Fsp3) is 0.450. The van der Waals surface area contributed by atoms with E-state index in [9.17, 15) is 13.2 Å². The number of carbonyl (C=O) groups is 1. The Hall–Kier alpha value is -2.52. The van der Waals surface area contributed by atoms with Crippen LogP contribution in [-0.2, 0) is 21.4 Å². The molecule has 156 valence electrons. The van der Waals surface area contributed by atoms with Crippen LogP contribution in [0.1, 0.15) is 29.4 Å². The van der Waals surface area contributed by atoms with Crippen molar-refractivity contribution in [2.75, 3.05) is 39.6 Å². The van der Waals surface area contributed by atoms with Gasteiger partial charge in [-0.05, 0) is 19.1 Å². The van der Waals surface area contributed by atoms with Crippen molar-refractivity contribution in [3.8, 4) is 0 Å². The highest BCUT2D eigenvalue weighted by Gasteiger charge is 2.30. The van der Waals surface area contributed by atoms with E-state index in [0.717, 1.165) is 11.3 Å². The number of aryl methyl sites for hydroxylation is 1. The van der Waals surface area contributed by atoms with Crippen LogP contribution in [0, 0.1) is 6.92 Å². The minimum atomic E-state index is -3.66. The van der Waals surface area contributed by atoms with Crippen LogP contribution in [-0.4, -0.2) is 68.2 Å². The maximum Gasteiger partial charge on any atom is 0.243 e. The normalized spacial score (nSPS) is 17.2. The van der Waals surface area contributed by atoms with Gasteiger partial charge in [0.1, 0.15) is 11.6 Å². The van der Waals surface area contributed by atoms with Gasteiger partial charge in [-0.15, -0.1) is 0 Å². The van der Waals surface area contributed by atoms with E-state index in [2.05, 4.69) is 9.97 Å². The quantitative estimate of drug-likeness (QED) is 0.710. The molecule has 1 saturated heterocycles. The molecule has 1 aliphatic rings. The number of amides is 1. The molecule has 8 nitrogen and oxygen atoms in total. The molecule has 3 rings (SSSR count). The first-order valence-corrected chi connectivity index (χ1v) is 10.8. The van der Waals surface area contributed by atoms with Crippen molar-refractivity contribution in [2.24, 2.45) is 0 Å². The molecular formula is C20H27N5O3S. The van der Waals surface area contributed by atoms with Gasteiger partial charge in [-0.3, -0.25) is 4.79 Å². The average Bonchev–Trinajstić information content (AvgIpc) is 3.00. The molecule has 2 heterocycles. The predicted octanol–water partition coefficient (Wildman–Crippen LogP) is 1.62. The van der Waals surface area contributed by atoms with E-state index >= 15 is 0 Å². The molecule has 1 aromatic carbocycles. The van der Waals surface area contributed by atoms with Gasteiger partial charge < -0.3 is 9.80 Å². The van der Waals surface area contributed by atoms with Crippen molar-refractivity contribution in [2.45, 2.75) is 30.7 Å². The third-order valence-electron chi connectivity index (χ3n) is 5.09. The summed E-state index contributed by atoms with van der Waals surface area (Å²) < 4.78 is 27.1. The molecule has 1 aliphatic heterocycles. The molecule has 0 spiro atoms. The van der Waals surface area contributed by atoms with Gasteiger partial charge in [0.05, 0.1) is 17.1 Å². The molecule has 29 heavy (non-hydrogen) atoms. The minimum absolute atomic E-state index is 0.0213. The summed E-state index contributed by atoms with van der Waals surface area (Å²) in [6.45, 7) is 2.55. The predicted molar refractivity (Wildman–Crippen MR) is 111 cm³/mol. The second-order valence-corrected chi connectivity index (χ2v) is 9.76. The fourth-order valence-corrected chi connectivity index (χ4v) is 4.37. The maximum atomic E-state index is 12.9. The Balaban J connectivity index is 1.89. The van der Waals surface area contributed by atoms with Crippen LogP contribution >= 0.6 is 0 Å². The number of likely N-dealkylation sites (N-methyl/N-ethyl adjacent to an activating group) is 1. The lowest BCUT2D eigenvalue weighted by Crippen LogP contribution is -2.28. The van der Waals surface area contributed by atoms with Crippen LogP contribution in [0.3, 0.4) is 0 Å². The molecular weight excluding hydrogens is 390 g/mol. The first-order valence-electron chi connectivity index (χ1n) is 9.40. The number of anilines is 1. The van der Waals surface area contributed by atoms with Crippen molar-refractivity contribution < 1.29 is 13.2 Å². The molecule has 9 heteroatoms. The third kappa shape index (κ3) is 4.56. The first kappa shape index (κ1) is 21.2. The standard InChI is InChI=1S/C20H27N5O3S/c1-14-6-8-16(9-7-14)29(27,28)25(5)13-18-21-17(11-19(22-18)23(2)3)15-10-20(26)24(4)12-15/h6-9,11,15H,10,12-13H2,1-5H3. The van der Waals surface area contributed by atoms with Crippen LogP contribution in [0.5, 0.6) is 0 Å². The summed E-state index contributed by atoms with van der Waals surface area (Å²) in [5.41, 5.74) is 1.76. The molecule has 1 atom stereocenters. The van der Waals surface area contributed by atoms with Crippen molar-refractivity contribution in [1.29, 1.82) is 0 Å². The number of hydrogen-bond acceptors (Lipinski definition) is 6. The highest BCUT2D eigenvalue weighted by Crippen LogP contribution is 2.28. The van der Waals surface area contributed by atoms with E-state index in [0.29, 0.717) is 24.6 Å². The zero-order valence-corrected chi connectivity index (χ0v) is 18.3. The maximum absolute atomic E-state index is 12.9. The summed E-state index contributed by atoms with van der Waals surface area (Å²) in [5, 5.41) is 0. The van der Waals surface area contributed by atoms with Crippen LogP contribution in [0.15, 0.2) is 35.2 Å². The SMILES string of the molecule is Cc1ccc(S(=O)(=O)N(C)Cc2nc(C3CC(=O)N(C)C3)cc(N(C)C)n2)cc1. The number of nitrogens with zero attached hydrogens (tertiary/aromatic N) is 5. The van der Waals surface area contributed by atoms with Crippen molar-refractivity contribution in [3.05, 3.63) is 47.4 Å². The largest absolute Gasteiger partial charge is 0.363 e. The van der Waals surface area contributed by atoms with Gasteiger partial charge in [-0.25, -0.2) is 18.4 Å². The van der Waals surface area contributed by atoms with Crippen LogP contribution in [0.25, 0.3) is 0 Å². The first-order chi connectivity index (χ1) is 13.6. The van der Waals surface area contributed by atoms with Gasteiger partial charge in [-0.2, -0.15) is 4.31 Å². The Bertz CT molecular complexity index is 1010. The number of benzene rings is 1. The van der Waals surface area contributed by atoms with Crippen LogP contribution in [0.4, 0.5) is 5.82 Å². The molecule has 2 aromatic rings. The lowest BCUT2D eigenvalue weighted by Gasteiger charge is -2.20. The smallest absolute Gasteiger partial charge is 0.243 e. The Morgan fingerprint density at radius 1 is 1.14 bits per heavy atom. The van der Waals surface area contributed by atoms with Gasteiger partial charge in [0.15, 0.2) is 0 Å². The Morgan fingerprint density at radius 2 is 1.79 bits per heavy atom. The lowest BCUT2D eigenvalue weighted by molar-refractivity contribution is -0.126. The van der Waals surface area contributed by atoms with Gasteiger partial charge in [0.2, 0.25) is 15.9 Å². The molecule has 0 aliphatic carbocycles. The lowest BCUT2D eigenvalue weighted by atomic mass is 10.0. The monoisotopic (exact) mass is 417 g/mol. The Morgan fingerprint density at radius 3 is 2.34 bits per heavy atom. The summed E-state index contributed by atoms with van der Waals surface area (Å²) in [6.07, 6.45) is 0.400. The van der Waals surface area contributed by atoms with Crippen LogP contribution < -0.4 is 4.90 Å². The number of rotatable bonds is 6. The summed E-state index contributed by atoms with van der Waals surface area (Å²) >= 11 is 0. The number of sulfonamides is 1. The molecule has 0 saturated carbocycles. The molecule has 1 unspecified atom stereocenters. The van der Waals surface area contributed by atoms with Crippen molar-refractivity contribution >= 4 is 21.7 Å². The second-order valence-electron chi connectivity index (χ2n) is 7.71. The zero-order chi connectivity index (χ0) is 21.3. The third-order valence-corrected chi connectivity index (χ3v) is 6.91. The number of carbonyl (C=O) groups excluding carboxylic acids is 1. The van der Waals surface area contributed by atoms with Crippen molar-refractivity contribution in [1.82, 2.24) is 19.2 Å². The number of aromatic nitrogens is 2. The van der Waals surface area contributed by atoms with E-state index in [4.69, 9.17) is 0 Å². The topological polar surface area (TPSA) is 86.7 Å². The van der Waals surface area contributed by atoms with Gasteiger partial charge in [0, 0.05) is 53.1 Å². The average molecular weight is 418 g/mol. The van der Waals surface area contributed by atoms with E-state index in [-0.39, 0.29) is 23.3 Å². The molecule has 1 fully saturated rings. The highest BCUT2D eigenvalue weighted by atomic mass is 32.2. The fourth-order valence-electron chi connectivity index (χ4n) is 3.25. The van der Waals surface area contributed by atoms with E-state index in [1.165, 1.54) is 11.4 Å². The van der Waals surface area contributed by atoms with E-state index in [1.54, 1.807) is 36.2 Å². The number of hydrogen-bond donors (Lipinski definition) is 0. The summed E-state index contributed by atoms with van der Waals surface area (Å²) in [7, 11) is 3.38. The summed E-state index contributed by atoms with van der Waals surface area (Å²) in [6, 6.07) is 8.62. The highest BCUT2D eigenvalue weighted by molar-refractivity contribution is 7.89. The zero-order valence-electron chi connectivity index (χ0n) is 17.5.